The lowest BCUT2D eigenvalue weighted by Gasteiger charge is -2.06. The van der Waals surface area contributed by atoms with Crippen molar-refractivity contribution in [2.45, 2.75) is 13.5 Å². The first-order chi connectivity index (χ1) is 9.24. The molecule has 0 radical (unpaired) electrons. The Hall–Kier alpha value is -2.49. The predicted molar refractivity (Wildman–Crippen MR) is 75.1 cm³/mol. The summed E-state index contributed by atoms with van der Waals surface area (Å²) in [6, 6.07) is 13.6. The third-order valence-corrected chi connectivity index (χ3v) is 3.04. The summed E-state index contributed by atoms with van der Waals surface area (Å²) in [6.45, 7) is 2.46. The monoisotopic (exact) mass is 253 g/mol. The minimum Gasteiger partial charge on any atom is -0.487 e. The van der Waals surface area contributed by atoms with Crippen LogP contribution in [0.3, 0.4) is 0 Å². The summed E-state index contributed by atoms with van der Waals surface area (Å²) in [7, 11) is 0. The van der Waals surface area contributed by atoms with Gasteiger partial charge in [-0.3, -0.25) is 4.40 Å². The van der Waals surface area contributed by atoms with Crippen LogP contribution in [0.15, 0.2) is 48.7 Å². The fourth-order valence-electron chi connectivity index (χ4n) is 2.02. The van der Waals surface area contributed by atoms with Gasteiger partial charge in [0.2, 0.25) is 0 Å². The minimum atomic E-state index is 0.436. The molecule has 1 aromatic carbocycles. The van der Waals surface area contributed by atoms with E-state index >= 15 is 0 Å². The maximum Gasteiger partial charge on any atom is 0.138 e. The average Bonchev–Trinajstić information content (AvgIpc) is 2.82. The average molecular weight is 253 g/mol. The van der Waals surface area contributed by atoms with Crippen molar-refractivity contribution in [3.05, 3.63) is 59.9 Å². The summed E-state index contributed by atoms with van der Waals surface area (Å²) in [4.78, 5) is 4.48. The van der Waals surface area contributed by atoms with Crippen molar-refractivity contribution in [1.82, 2.24) is 9.38 Å². The molecule has 0 aliphatic rings. The van der Waals surface area contributed by atoms with Gasteiger partial charge in [0, 0.05) is 6.20 Å². The topological polar surface area (TPSA) is 52.5 Å². The standard InChI is InChI=1S/C15H15N3O/c1-11-5-2-3-6-13(11)19-10-12-9-18-14(16)7-4-8-15(18)17-12/h2-9H,10,16H2,1H3. The third kappa shape index (κ3) is 2.25. The Kier molecular flexibility index (Phi) is 2.83. The number of para-hydroxylation sites is 1. The van der Waals surface area contributed by atoms with E-state index in [2.05, 4.69) is 4.98 Å². The molecule has 0 aliphatic carbocycles. The Labute approximate surface area is 111 Å². The van der Waals surface area contributed by atoms with E-state index in [0.717, 1.165) is 22.7 Å². The highest BCUT2D eigenvalue weighted by atomic mass is 16.5. The Balaban J connectivity index is 1.83. The number of ether oxygens (including phenoxy) is 1. The molecule has 96 valence electrons. The van der Waals surface area contributed by atoms with Crippen LogP contribution in [-0.2, 0) is 6.61 Å². The maximum atomic E-state index is 5.88. The van der Waals surface area contributed by atoms with Crippen LogP contribution in [-0.4, -0.2) is 9.38 Å². The lowest BCUT2D eigenvalue weighted by atomic mass is 10.2. The summed E-state index contributed by atoms with van der Waals surface area (Å²) in [5.74, 6) is 1.56. The first-order valence-electron chi connectivity index (χ1n) is 6.15. The van der Waals surface area contributed by atoms with Gasteiger partial charge in [0.1, 0.15) is 23.8 Å². The fourth-order valence-corrected chi connectivity index (χ4v) is 2.02. The van der Waals surface area contributed by atoms with Crippen LogP contribution in [0, 0.1) is 6.92 Å². The molecular formula is C15H15N3O. The van der Waals surface area contributed by atoms with E-state index in [1.54, 1.807) is 0 Å². The molecule has 2 N–H and O–H groups in total. The van der Waals surface area contributed by atoms with Crippen LogP contribution in [0.1, 0.15) is 11.3 Å². The number of hydrogen-bond donors (Lipinski definition) is 1. The van der Waals surface area contributed by atoms with Gasteiger partial charge < -0.3 is 10.5 Å². The highest BCUT2D eigenvalue weighted by Gasteiger charge is 2.05. The van der Waals surface area contributed by atoms with E-state index in [1.807, 2.05) is 60.0 Å². The Bertz CT molecular complexity index is 718. The second-order valence-electron chi connectivity index (χ2n) is 4.47. The van der Waals surface area contributed by atoms with Crippen molar-refractivity contribution >= 4 is 11.5 Å². The van der Waals surface area contributed by atoms with E-state index in [-0.39, 0.29) is 0 Å². The Morgan fingerprint density at radius 1 is 1.16 bits per heavy atom. The highest BCUT2D eigenvalue weighted by molar-refractivity contribution is 5.48. The van der Waals surface area contributed by atoms with E-state index in [1.165, 1.54) is 0 Å². The summed E-state index contributed by atoms with van der Waals surface area (Å²) in [5.41, 5.74) is 8.70. The maximum absolute atomic E-state index is 5.88. The lowest BCUT2D eigenvalue weighted by Crippen LogP contribution is -1.97. The smallest absolute Gasteiger partial charge is 0.138 e. The number of nitrogen functional groups attached to an aromatic ring is 1. The molecular weight excluding hydrogens is 238 g/mol. The van der Waals surface area contributed by atoms with Gasteiger partial charge in [-0.25, -0.2) is 4.98 Å². The number of nitrogens with two attached hydrogens (primary N) is 1. The Morgan fingerprint density at radius 3 is 2.79 bits per heavy atom. The van der Waals surface area contributed by atoms with Crippen LogP contribution >= 0.6 is 0 Å². The zero-order valence-corrected chi connectivity index (χ0v) is 10.7. The quantitative estimate of drug-likeness (QED) is 0.781. The lowest BCUT2D eigenvalue weighted by molar-refractivity contribution is 0.300. The molecule has 19 heavy (non-hydrogen) atoms. The van der Waals surface area contributed by atoms with Crippen LogP contribution in [0.5, 0.6) is 5.75 Å². The van der Waals surface area contributed by atoms with Gasteiger partial charge >= 0.3 is 0 Å². The number of fused-ring (bicyclic) bond motifs is 1. The van der Waals surface area contributed by atoms with E-state index in [0.29, 0.717) is 12.4 Å². The molecule has 0 unspecified atom stereocenters. The van der Waals surface area contributed by atoms with Gasteiger partial charge in [0.05, 0.1) is 5.69 Å². The molecule has 4 nitrogen and oxygen atoms in total. The van der Waals surface area contributed by atoms with Crippen LogP contribution < -0.4 is 10.5 Å². The molecule has 0 amide bonds. The number of aryl methyl sites for hydroxylation is 1. The van der Waals surface area contributed by atoms with Gasteiger partial charge in [-0.1, -0.05) is 24.3 Å². The number of anilines is 1. The van der Waals surface area contributed by atoms with E-state index in [4.69, 9.17) is 10.5 Å². The first kappa shape index (κ1) is 11.6. The third-order valence-electron chi connectivity index (χ3n) is 3.04. The summed E-state index contributed by atoms with van der Waals surface area (Å²) >= 11 is 0. The van der Waals surface area contributed by atoms with E-state index in [9.17, 15) is 0 Å². The molecule has 0 atom stereocenters. The van der Waals surface area contributed by atoms with Crippen molar-refractivity contribution in [2.75, 3.05) is 5.73 Å². The summed E-state index contributed by atoms with van der Waals surface area (Å²) in [5, 5.41) is 0. The van der Waals surface area contributed by atoms with Gasteiger partial charge in [-0.05, 0) is 30.7 Å². The van der Waals surface area contributed by atoms with Crippen LogP contribution in [0.2, 0.25) is 0 Å². The van der Waals surface area contributed by atoms with Crippen LogP contribution in [0.4, 0.5) is 5.82 Å². The molecule has 2 heterocycles. The number of pyridine rings is 1. The minimum absolute atomic E-state index is 0.436. The number of imidazole rings is 1. The molecule has 3 rings (SSSR count). The molecule has 0 aliphatic heterocycles. The second kappa shape index (κ2) is 4.65. The SMILES string of the molecule is Cc1ccccc1OCc1cn2c(N)cccc2n1. The molecule has 0 saturated heterocycles. The Morgan fingerprint density at radius 2 is 2.00 bits per heavy atom. The van der Waals surface area contributed by atoms with Gasteiger partial charge in [-0.2, -0.15) is 0 Å². The van der Waals surface area contributed by atoms with Crippen molar-refractivity contribution < 1.29 is 4.74 Å². The molecule has 2 aromatic heterocycles. The molecule has 3 aromatic rings. The number of hydrogen-bond acceptors (Lipinski definition) is 3. The molecule has 0 saturated carbocycles. The molecule has 0 fully saturated rings. The van der Waals surface area contributed by atoms with Gasteiger partial charge in [-0.15, -0.1) is 0 Å². The molecule has 0 bridgehead atoms. The molecule has 4 heteroatoms. The number of aromatic nitrogens is 2. The van der Waals surface area contributed by atoms with Crippen molar-refractivity contribution in [3.8, 4) is 5.75 Å². The number of benzene rings is 1. The molecule has 0 spiro atoms. The number of nitrogens with zero attached hydrogens (tertiary/aromatic N) is 2. The summed E-state index contributed by atoms with van der Waals surface area (Å²) in [6.07, 6.45) is 1.91. The van der Waals surface area contributed by atoms with E-state index < -0.39 is 0 Å². The first-order valence-corrected chi connectivity index (χ1v) is 6.15. The highest BCUT2D eigenvalue weighted by Crippen LogP contribution is 2.18. The fraction of sp³-hybridized carbons (Fsp3) is 0.133. The second-order valence-corrected chi connectivity index (χ2v) is 4.47. The van der Waals surface area contributed by atoms with Crippen molar-refractivity contribution in [1.29, 1.82) is 0 Å². The van der Waals surface area contributed by atoms with Crippen molar-refractivity contribution in [2.24, 2.45) is 0 Å². The normalized spacial score (nSPS) is 10.8. The van der Waals surface area contributed by atoms with Gasteiger partial charge in [0.25, 0.3) is 0 Å². The van der Waals surface area contributed by atoms with Crippen LogP contribution in [0.25, 0.3) is 5.65 Å². The van der Waals surface area contributed by atoms with Crippen molar-refractivity contribution in [3.63, 3.8) is 0 Å². The zero-order chi connectivity index (χ0) is 13.2. The zero-order valence-electron chi connectivity index (χ0n) is 10.7. The number of rotatable bonds is 3. The predicted octanol–water partition coefficient (Wildman–Crippen LogP) is 2.80. The largest absolute Gasteiger partial charge is 0.487 e. The summed E-state index contributed by atoms with van der Waals surface area (Å²) < 4.78 is 7.63. The van der Waals surface area contributed by atoms with Gasteiger partial charge in [0.15, 0.2) is 0 Å².